The van der Waals surface area contributed by atoms with E-state index in [1.807, 2.05) is 35.2 Å². The number of amides is 1. The molecule has 0 aromatic heterocycles. The van der Waals surface area contributed by atoms with E-state index in [4.69, 9.17) is 0 Å². The number of halogens is 1. The van der Waals surface area contributed by atoms with Crippen molar-refractivity contribution in [1.29, 1.82) is 0 Å². The maximum atomic E-state index is 12.8. The van der Waals surface area contributed by atoms with Gasteiger partial charge in [-0.3, -0.25) is 14.5 Å². The Kier molecular flexibility index (Phi) is 4.58. The summed E-state index contributed by atoms with van der Waals surface area (Å²) in [4.78, 5) is 28.6. The number of rotatable bonds is 3. The fraction of sp³-hybridized carbons (Fsp3) is 0.556. The Morgan fingerprint density at radius 3 is 2.62 bits per heavy atom. The van der Waals surface area contributed by atoms with E-state index in [1.54, 1.807) is 0 Å². The predicted molar refractivity (Wildman–Crippen MR) is 93.4 cm³/mol. The lowest BCUT2D eigenvalue weighted by atomic mass is 9.81. The Morgan fingerprint density at radius 2 is 1.96 bits per heavy atom. The van der Waals surface area contributed by atoms with Crippen molar-refractivity contribution >= 4 is 30.0 Å². The van der Waals surface area contributed by atoms with Gasteiger partial charge in [-0.25, -0.2) is 0 Å². The van der Waals surface area contributed by atoms with Gasteiger partial charge in [0.25, 0.3) is 0 Å². The number of fused-ring (bicyclic) bond motifs is 1. The summed E-state index contributed by atoms with van der Waals surface area (Å²) in [5, 5.41) is 9.71. The smallest absolute Gasteiger partial charge is 0.311 e. The van der Waals surface area contributed by atoms with Crippen LogP contribution < -0.4 is 4.90 Å². The zero-order valence-electron chi connectivity index (χ0n) is 13.6. The molecule has 1 N–H and O–H groups in total. The summed E-state index contributed by atoms with van der Waals surface area (Å²) >= 11 is 0. The number of aliphatic carboxylic acids is 1. The summed E-state index contributed by atoms with van der Waals surface area (Å²) in [6.45, 7) is 2.01. The second-order valence-corrected chi connectivity index (χ2v) is 7.11. The first kappa shape index (κ1) is 17.2. The van der Waals surface area contributed by atoms with Crippen LogP contribution in [-0.2, 0) is 9.59 Å². The lowest BCUT2D eigenvalue weighted by molar-refractivity contribution is -0.149. The first-order valence-electron chi connectivity index (χ1n) is 8.46. The highest BCUT2D eigenvalue weighted by molar-refractivity contribution is 5.99. The predicted octanol–water partition coefficient (Wildman–Crippen LogP) is 2.40. The van der Waals surface area contributed by atoms with E-state index in [9.17, 15) is 14.7 Å². The molecule has 1 saturated carbocycles. The Labute approximate surface area is 148 Å². The van der Waals surface area contributed by atoms with Crippen molar-refractivity contribution in [3.63, 3.8) is 0 Å². The molecule has 5 nitrogen and oxygen atoms in total. The maximum Gasteiger partial charge on any atom is 0.311 e. The first-order chi connectivity index (χ1) is 11.1. The number of carbonyl (C=O) groups is 2. The van der Waals surface area contributed by atoms with Gasteiger partial charge < -0.3 is 10.0 Å². The number of benzene rings is 1. The van der Waals surface area contributed by atoms with Crippen LogP contribution in [0, 0.1) is 11.3 Å². The third-order valence-corrected chi connectivity index (χ3v) is 6.01. The molecule has 1 unspecified atom stereocenters. The van der Waals surface area contributed by atoms with Gasteiger partial charge in [-0.15, -0.1) is 12.4 Å². The van der Waals surface area contributed by atoms with Crippen molar-refractivity contribution < 1.29 is 14.7 Å². The molecule has 3 atom stereocenters. The Morgan fingerprint density at radius 1 is 1.21 bits per heavy atom. The second-order valence-electron chi connectivity index (χ2n) is 7.11. The van der Waals surface area contributed by atoms with Gasteiger partial charge in [0.2, 0.25) is 5.91 Å². The molecule has 0 spiro atoms. The van der Waals surface area contributed by atoms with Gasteiger partial charge in [0, 0.05) is 25.3 Å². The summed E-state index contributed by atoms with van der Waals surface area (Å²) in [6, 6.07) is 9.58. The maximum absolute atomic E-state index is 12.8. The zero-order valence-corrected chi connectivity index (χ0v) is 14.4. The summed E-state index contributed by atoms with van der Waals surface area (Å²) in [5.41, 5.74) is 0.327. The van der Waals surface area contributed by atoms with Crippen molar-refractivity contribution in [1.82, 2.24) is 4.90 Å². The standard InChI is InChI=1S/C18H22N2O3.ClH/c21-16-15(8-10-20(16)14-6-2-1-3-7-14)19-11-13-5-4-9-18(13,12-19)17(22)23;/h1-3,6-7,13,15H,4-5,8-12H2,(H,22,23);1H/t13-,15?,18+;/m0./s1. The number of nitrogens with zero attached hydrogens (tertiary/aromatic N) is 2. The van der Waals surface area contributed by atoms with Gasteiger partial charge in [-0.1, -0.05) is 24.6 Å². The molecule has 1 aliphatic carbocycles. The molecule has 1 aromatic rings. The summed E-state index contributed by atoms with van der Waals surface area (Å²) in [6.07, 6.45) is 3.52. The van der Waals surface area contributed by atoms with E-state index in [1.165, 1.54) is 0 Å². The topological polar surface area (TPSA) is 60.9 Å². The van der Waals surface area contributed by atoms with E-state index in [2.05, 4.69) is 4.90 Å². The van der Waals surface area contributed by atoms with Crippen LogP contribution >= 0.6 is 12.4 Å². The van der Waals surface area contributed by atoms with E-state index in [-0.39, 0.29) is 30.3 Å². The van der Waals surface area contributed by atoms with Crippen LogP contribution in [0.15, 0.2) is 30.3 Å². The lowest BCUT2D eigenvalue weighted by Gasteiger charge is -2.26. The average Bonchev–Trinajstić information content (AvgIpc) is 3.20. The van der Waals surface area contributed by atoms with Crippen LogP contribution in [0.5, 0.6) is 0 Å². The summed E-state index contributed by atoms with van der Waals surface area (Å²) in [5.74, 6) is -0.344. The molecule has 4 rings (SSSR count). The molecule has 6 heteroatoms. The molecular weight excluding hydrogens is 328 g/mol. The van der Waals surface area contributed by atoms with Crippen molar-refractivity contribution in [2.75, 3.05) is 24.5 Å². The van der Waals surface area contributed by atoms with Crippen molar-refractivity contribution in [2.45, 2.75) is 31.7 Å². The van der Waals surface area contributed by atoms with E-state index >= 15 is 0 Å². The molecular formula is C18H23ClN2O3. The van der Waals surface area contributed by atoms with Crippen LogP contribution in [0.2, 0.25) is 0 Å². The molecule has 2 heterocycles. The van der Waals surface area contributed by atoms with Crippen molar-refractivity contribution in [3.05, 3.63) is 30.3 Å². The fourth-order valence-corrected chi connectivity index (χ4v) is 4.78. The first-order valence-corrected chi connectivity index (χ1v) is 8.46. The monoisotopic (exact) mass is 350 g/mol. The highest BCUT2D eigenvalue weighted by atomic mass is 35.5. The number of anilines is 1. The molecule has 0 radical (unpaired) electrons. The van der Waals surface area contributed by atoms with Gasteiger partial charge in [0.15, 0.2) is 0 Å². The SMILES string of the molecule is Cl.O=C1C(N2C[C@@H]3CCC[C@@]3(C(=O)O)C2)CCN1c1ccccc1. The molecule has 2 saturated heterocycles. The van der Waals surface area contributed by atoms with Crippen molar-refractivity contribution in [2.24, 2.45) is 11.3 Å². The average molecular weight is 351 g/mol. The third kappa shape index (κ3) is 2.50. The van der Waals surface area contributed by atoms with Gasteiger partial charge in [0.1, 0.15) is 0 Å². The molecule has 2 aliphatic heterocycles. The molecule has 3 fully saturated rings. The van der Waals surface area contributed by atoms with E-state index in [0.29, 0.717) is 6.54 Å². The third-order valence-electron chi connectivity index (χ3n) is 6.01. The number of carboxylic acids is 1. The number of carboxylic acid groups (broad SMARTS) is 1. The Bertz CT molecular complexity index is 638. The Hall–Kier alpha value is -1.59. The molecule has 130 valence electrons. The van der Waals surface area contributed by atoms with Gasteiger partial charge in [-0.05, 0) is 37.3 Å². The number of para-hydroxylation sites is 1. The molecule has 3 aliphatic rings. The Balaban J connectivity index is 0.00000169. The molecule has 0 bridgehead atoms. The van der Waals surface area contributed by atoms with Crippen LogP contribution in [0.1, 0.15) is 25.7 Å². The van der Waals surface area contributed by atoms with Gasteiger partial charge in [0.05, 0.1) is 11.5 Å². The van der Waals surface area contributed by atoms with Gasteiger partial charge in [-0.2, -0.15) is 0 Å². The highest BCUT2D eigenvalue weighted by Crippen LogP contribution is 2.50. The van der Waals surface area contributed by atoms with Crippen molar-refractivity contribution in [3.8, 4) is 0 Å². The van der Waals surface area contributed by atoms with Crippen LogP contribution in [0.4, 0.5) is 5.69 Å². The summed E-state index contributed by atoms with van der Waals surface area (Å²) < 4.78 is 0. The fourth-order valence-electron chi connectivity index (χ4n) is 4.78. The minimum Gasteiger partial charge on any atom is -0.481 e. The summed E-state index contributed by atoms with van der Waals surface area (Å²) in [7, 11) is 0. The largest absolute Gasteiger partial charge is 0.481 e. The van der Waals surface area contributed by atoms with Crippen LogP contribution in [-0.4, -0.2) is 47.6 Å². The quantitative estimate of drug-likeness (QED) is 0.909. The van der Waals surface area contributed by atoms with Crippen LogP contribution in [0.25, 0.3) is 0 Å². The van der Waals surface area contributed by atoms with E-state index in [0.717, 1.165) is 44.5 Å². The minimum absolute atomic E-state index is 0. The van der Waals surface area contributed by atoms with E-state index < -0.39 is 11.4 Å². The second kappa shape index (κ2) is 6.37. The lowest BCUT2D eigenvalue weighted by Crippen LogP contribution is -2.43. The number of hydrogen-bond donors (Lipinski definition) is 1. The zero-order chi connectivity index (χ0) is 16.0. The molecule has 24 heavy (non-hydrogen) atoms. The number of likely N-dealkylation sites (tertiary alicyclic amines) is 1. The number of carbonyl (C=O) groups excluding carboxylic acids is 1. The highest BCUT2D eigenvalue weighted by Gasteiger charge is 2.57. The number of hydrogen-bond acceptors (Lipinski definition) is 3. The van der Waals surface area contributed by atoms with Gasteiger partial charge >= 0.3 is 5.97 Å². The molecule has 1 aromatic carbocycles. The molecule has 1 amide bonds. The van der Waals surface area contributed by atoms with Crippen LogP contribution in [0.3, 0.4) is 0 Å². The minimum atomic E-state index is -0.673. The normalized spacial score (nSPS) is 32.7.